The quantitative estimate of drug-likeness (QED) is 0.894. The third kappa shape index (κ3) is 2.10. The predicted octanol–water partition coefficient (Wildman–Crippen LogP) is 1.44. The van der Waals surface area contributed by atoms with Gasteiger partial charge in [-0.3, -0.25) is 9.78 Å². The molecule has 5 heteroatoms. The number of nitrogens with zero attached hydrogens (tertiary/aromatic N) is 2. The number of carbonyl (C=O) groups is 1. The second-order valence-corrected chi connectivity index (χ2v) is 4.69. The van der Waals surface area contributed by atoms with Crippen molar-refractivity contribution in [2.75, 3.05) is 13.2 Å². The van der Waals surface area contributed by atoms with E-state index in [1.165, 1.54) is 0 Å². The zero-order valence-electron chi connectivity index (χ0n) is 8.77. The van der Waals surface area contributed by atoms with Gasteiger partial charge in [0.1, 0.15) is 0 Å². The normalized spacial score (nSPS) is 20.1. The summed E-state index contributed by atoms with van der Waals surface area (Å²) in [6, 6.07) is 1.66. The molecule has 1 saturated heterocycles. The van der Waals surface area contributed by atoms with Gasteiger partial charge >= 0.3 is 0 Å². The highest BCUT2D eigenvalue weighted by Crippen LogP contribution is 2.23. The van der Waals surface area contributed by atoms with Gasteiger partial charge in [0.15, 0.2) is 0 Å². The van der Waals surface area contributed by atoms with Crippen LogP contribution in [-0.2, 0) is 0 Å². The number of halogens is 1. The number of pyridine rings is 1. The number of aliphatic hydroxyl groups is 1. The third-order valence-corrected chi connectivity index (χ3v) is 3.48. The molecule has 1 N–H and O–H groups in total. The van der Waals surface area contributed by atoms with Gasteiger partial charge in [0.05, 0.1) is 18.2 Å². The topological polar surface area (TPSA) is 53.4 Å². The van der Waals surface area contributed by atoms with Crippen LogP contribution in [0, 0.1) is 0 Å². The van der Waals surface area contributed by atoms with Crippen LogP contribution in [-0.4, -0.2) is 40.1 Å². The van der Waals surface area contributed by atoms with Crippen LogP contribution in [0.1, 0.15) is 23.2 Å². The molecule has 1 aliphatic rings. The lowest BCUT2D eigenvalue weighted by Crippen LogP contribution is -2.37. The van der Waals surface area contributed by atoms with E-state index in [9.17, 15) is 9.90 Å². The van der Waals surface area contributed by atoms with E-state index in [0.717, 1.165) is 19.4 Å². The van der Waals surface area contributed by atoms with Gasteiger partial charge in [-0.1, -0.05) is 0 Å². The Bertz CT molecular complexity index is 397. The van der Waals surface area contributed by atoms with Crippen LogP contribution >= 0.6 is 15.9 Å². The fraction of sp³-hybridized carbons (Fsp3) is 0.455. The van der Waals surface area contributed by atoms with E-state index in [2.05, 4.69) is 20.9 Å². The van der Waals surface area contributed by atoms with E-state index in [0.29, 0.717) is 10.0 Å². The van der Waals surface area contributed by atoms with Crippen LogP contribution in [0.2, 0.25) is 0 Å². The number of likely N-dealkylation sites (tertiary alicyclic amines) is 1. The number of aromatic nitrogens is 1. The van der Waals surface area contributed by atoms with Crippen LogP contribution in [0.3, 0.4) is 0 Å². The average molecular weight is 285 g/mol. The molecule has 0 bridgehead atoms. The molecule has 2 heterocycles. The fourth-order valence-electron chi connectivity index (χ4n) is 2.00. The van der Waals surface area contributed by atoms with Crippen molar-refractivity contribution in [3.8, 4) is 0 Å². The Hall–Kier alpha value is -0.940. The van der Waals surface area contributed by atoms with E-state index < -0.39 is 0 Å². The Labute approximate surface area is 102 Å². The molecule has 1 unspecified atom stereocenters. The highest BCUT2D eigenvalue weighted by atomic mass is 79.9. The van der Waals surface area contributed by atoms with Gasteiger partial charge in [0.25, 0.3) is 5.91 Å². The standard InChI is InChI=1S/C11H13BrN2O2/c12-10-6-13-4-3-9(10)11(16)14-5-1-2-8(14)7-15/h3-4,6,8,15H,1-2,5,7H2. The number of hydrogen-bond donors (Lipinski definition) is 1. The second-order valence-electron chi connectivity index (χ2n) is 3.83. The molecule has 1 aliphatic heterocycles. The van der Waals surface area contributed by atoms with Crippen LogP contribution in [0.5, 0.6) is 0 Å². The minimum atomic E-state index is -0.0363. The highest BCUT2D eigenvalue weighted by Gasteiger charge is 2.29. The Kier molecular flexibility index (Phi) is 3.56. The summed E-state index contributed by atoms with van der Waals surface area (Å²) < 4.78 is 0.698. The fourth-order valence-corrected chi connectivity index (χ4v) is 2.42. The number of aliphatic hydroxyl groups excluding tert-OH is 1. The zero-order chi connectivity index (χ0) is 11.5. The molecule has 1 aromatic heterocycles. The molecular weight excluding hydrogens is 272 g/mol. The van der Waals surface area contributed by atoms with E-state index in [4.69, 9.17) is 0 Å². The first-order valence-corrected chi connectivity index (χ1v) is 6.04. The molecule has 0 radical (unpaired) electrons. The molecular formula is C11H13BrN2O2. The molecule has 1 aromatic rings. The van der Waals surface area contributed by atoms with E-state index in [-0.39, 0.29) is 18.6 Å². The van der Waals surface area contributed by atoms with Crippen LogP contribution in [0.4, 0.5) is 0 Å². The van der Waals surface area contributed by atoms with Crippen molar-refractivity contribution >= 4 is 21.8 Å². The maximum Gasteiger partial charge on any atom is 0.255 e. The lowest BCUT2D eigenvalue weighted by molar-refractivity contribution is 0.0676. The minimum Gasteiger partial charge on any atom is -0.394 e. The van der Waals surface area contributed by atoms with Gasteiger partial charge in [0.2, 0.25) is 0 Å². The number of rotatable bonds is 2. The summed E-state index contributed by atoms with van der Waals surface area (Å²) in [6.07, 6.45) is 5.05. The first-order valence-electron chi connectivity index (χ1n) is 5.25. The molecule has 1 fully saturated rings. The summed E-state index contributed by atoms with van der Waals surface area (Å²) >= 11 is 3.31. The molecule has 0 aromatic carbocycles. The van der Waals surface area contributed by atoms with E-state index >= 15 is 0 Å². The second kappa shape index (κ2) is 4.93. The summed E-state index contributed by atoms with van der Waals surface area (Å²) in [7, 11) is 0. The molecule has 2 rings (SSSR count). The van der Waals surface area contributed by atoms with Gasteiger partial charge in [-0.25, -0.2) is 0 Å². The monoisotopic (exact) mass is 284 g/mol. The Morgan fingerprint density at radius 1 is 1.69 bits per heavy atom. The first-order chi connectivity index (χ1) is 7.74. The predicted molar refractivity (Wildman–Crippen MR) is 63.1 cm³/mol. The smallest absolute Gasteiger partial charge is 0.255 e. The van der Waals surface area contributed by atoms with Crippen molar-refractivity contribution < 1.29 is 9.90 Å². The Morgan fingerprint density at radius 3 is 3.19 bits per heavy atom. The molecule has 16 heavy (non-hydrogen) atoms. The summed E-state index contributed by atoms with van der Waals surface area (Å²) in [5.41, 5.74) is 0.607. The summed E-state index contributed by atoms with van der Waals surface area (Å²) in [6.45, 7) is 0.757. The van der Waals surface area contributed by atoms with Crippen molar-refractivity contribution in [2.24, 2.45) is 0 Å². The van der Waals surface area contributed by atoms with Gasteiger partial charge in [-0.15, -0.1) is 0 Å². The minimum absolute atomic E-state index is 0.0347. The van der Waals surface area contributed by atoms with Crippen LogP contribution < -0.4 is 0 Å². The summed E-state index contributed by atoms with van der Waals surface area (Å²) in [5, 5.41) is 9.18. The molecule has 1 amide bonds. The zero-order valence-corrected chi connectivity index (χ0v) is 10.4. The van der Waals surface area contributed by atoms with Gasteiger partial charge in [-0.05, 0) is 34.8 Å². The molecule has 1 atom stereocenters. The number of hydrogen-bond acceptors (Lipinski definition) is 3. The maximum atomic E-state index is 12.2. The molecule has 0 spiro atoms. The SMILES string of the molecule is O=C(c1ccncc1Br)N1CCCC1CO. The number of amides is 1. The molecule has 4 nitrogen and oxygen atoms in total. The van der Waals surface area contributed by atoms with Crippen molar-refractivity contribution in [3.05, 3.63) is 28.5 Å². The average Bonchev–Trinajstić information content (AvgIpc) is 2.77. The lowest BCUT2D eigenvalue weighted by atomic mass is 10.2. The Balaban J connectivity index is 2.22. The Morgan fingerprint density at radius 2 is 2.50 bits per heavy atom. The van der Waals surface area contributed by atoms with Crippen molar-refractivity contribution in [1.29, 1.82) is 0 Å². The largest absolute Gasteiger partial charge is 0.394 e. The molecule has 86 valence electrons. The van der Waals surface area contributed by atoms with E-state index in [1.54, 1.807) is 23.4 Å². The summed E-state index contributed by atoms with van der Waals surface area (Å²) in [5.74, 6) is -0.0363. The highest BCUT2D eigenvalue weighted by molar-refractivity contribution is 9.10. The van der Waals surface area contributed by atoms with Crippen LogP contribution in [0.15, 0.2) is 22.9 Å². The van der Waals surface area contributed by atoms with Gasteiger partial charge in [0, 0.05) is 23.4 Å². The number of carbonyl (C=O) groups excluding carboxylic acids is 1. The molecule has 0 aliphatic carbocycles. The lowest BCUT2D eigenvalue weighted by Gasteiger charge is -2.23. The maximum absolute atomic E-state index is 12.2. The summed E-state index contributed by atoms with van der Waals surface area (Å²) in [4.78, 5) is 17.9. The molecule has 0 saturated carbocycles. The van der Waals surface area contributed by atoms with Crippen molar-refractivity contribution in [2.45, 2.75) is 18.9 Å². The van der Waals surface area contributed by atoms with Crippen molar-refractivity contribution in [3.63, 3.8) is 0 Å². The van der Waals surface area contributed by atoms with Gasteiger partial charge in [-0.2, -0.15) is 0 Å². The third-order valence-electron chi connectivity index (χ3n) is 2.85. The van der Waals surface area contributed by atoms with Gasteiger partial charge < -0.3 is 10.0 Å². The van der Waals surface area contributed by atoms with E-state index in [1.807, 2.05) is 0 Å². The van der Waals surface area contributed by atoms with Crippen molar-refractivity contribution in [1.82, 2.24) is 9.88 Å². The first kappa shape index (κ1) is 11.5. The van der Waals surface area contributed by atoms with Crippen LogP contribution in [0.25, 0.3) is 0 Å².